The van der Waals surface area contributed by atoms with E-state index >= 15 is 0 Å². The van der Waals surface area contributed by atoms with Gasteiger partial charge in [0.1, 0.15) is 0 Å². The van der Waals surface area contributed by atoms with Crippen molar-refractivity contribution in [1.29, 1.82) is 0 Å². The predicted octanol–water partition coefficient (Wildman–Crippen LogP) is 2.91. The molecule has 1 fully saturated rings. The Labute approximate surface area is 145 Å². The summed E-state index contributed by atoms with van der Waals surface area (Å²) in [6.45, 7) is 6.30. The molecule has 0 saturated carbocycles. The lowest BCUT2D eigenvalue weighted by Gasteiger charge is -2.28. The van der Waals surface area contributed by atoms with Crippen molar-refractivity contribution in [2.45, 2.75) is 39.2 Å². The molecule has 134 valence electrons. The van der Waals surface area contributed by atoms with Gasteiger partial charge in [0.05, 0.1) is 20.3 Å². The summed E-state index contributed by atoms with van der Waals surface area (Å²) < 4.78 is 10.6. The van der Waals surface area contributed by atoms with Crippen LogP contribution >= 0.6 is 0 Å². The van der Waals surface area contributed by atoms with Gasteiger partial charge in [0.15, 0.2) is 11.5 Å². The first kappa shape index (κ1) is 18.6. The maximum Gasteiger partial charge on any atom is 0.220 e. The first-order chi connectivity index (χ1) is 11.5. The van der Waals surface area contributed by atoms with E-state index in [1.807, 2.05) is 25.1 Å². The molecule has 3 atom stereocenters. The molecule has 5 nitrogen and oxygen atoms in total. The van der Waals surface area contributed by atoms with Gasteiger partial charge in [0.25, 0.3) is 0 Å². The summed E-state index contributed by atoms with van der Waals surface area (Å²) in [7, 11) is 3.23. The Morgan fingerprint density at radius 1 is 1.29 bits per heavy atom. The molecule has 1 aromatic rings. The van der Waals surface area contributed by atoms with Gasteiger partial charge < -0.3 is 20.1 Å². The summed E-state index contributed by atoms with van der Waals surface area (Å²) in [6, 6.07) is 5.68. The molecule has 0 radical (unpaired) electrons. The number of methoxy groups -OCH3 is 2. The molecule has 1 amide bonds. The van der Waals surface area contributed by atoms with Crippen molar-refractivity contribution in [3.8, 4) is 11.5 Å². The summed E-state index contributed by atoms with van der Waals surface area (Å²) in [5, 5.41) is 6.52. The third-order valence-electron chi connectivity index (χ3n) is 4.93. The zero-order valence-corrected chi connectivity index (χ0v) is 15.2. The van der Waals surface area contributed by atoms with Gasteiger partial charge in [0, 0.05) is 6.42 Å². The summed E-state index contributed by atoms with van der Waals surface area (Å²) in [4.78, 5) is 12.4. The van der Waals surface area contributed by atoms with Gasteiger partial charge in [-0.15, -0.1) is 0 Å². The average molecular weight is 334 g/mol. The van der Waals surface area contributed by atoms with Gasteiger partial charge >= 0.3 is 0 Å². The van der Waals surface area contributed by atoms with Crippen molar-refractivity contribution in [3.05, 3.63) is 23.8 Å². The van der Waals surface area contributed by atoms with Gasteiger partial charge in [-0.1, -0.05) is 13.0 Å². The van der Waals surface area contributed by atoms with Gasteiger partial charge in [-0.3, -0.25) is 4.79 Å². The molecule has 2 rings (SSSR count). The van der Waals surface area contributed by atoms with Crippen LogP contribution in [0.5, 0.6) is 11.5 Å². The topological polar surface area (TPSA) is 59.6 Å². The summed E-state index contributed by atoms with van der Waals surface area (Å²) in [5.41, 5.74) is 1.01. The van der Waals surface area contributed by atoms with Crippen LogP contribution in [0.2, 0.25) is 0 Å². The molecule has 2 N–H and O–H groups in total. The number of rotatable bonds is 7. The highest BCUT2D eigenvalue weighted by Gasteiger charge is 2.22. The highest BCUT2D eigenvalue weighted by Crippen LogP contribution is 2.30. The van der Waals surface area contributed by atoms with E-state index < -0.39 is 0 Å². The van der Waals surface area contributed by atoms with Crippen molar-refractivity contribution >= 4 is 5.91 Å². The number of nitrogens with one attached hydrogen (secondary N) is 2. The molecular weight excluding hydrogens is 304 g/mol. The molecule has 1 saturated heterocycles. The minimum atomic E-state index is -0.0611. The molecule has 1 aromatic carbocycles. The second kappa shape index (κ2) is 8.92. The number of hydrogen-bond acceptors (Lipinski definition) is 4. The Bertz CT molecular complexity index is 541. The number of piperidine rings is 1. The second-order valence-corrected chi connectivity index (χ2v) is 6.69. The molecule has 0 aliphatic carbocycles. The maximum absolute atomic E-state index is 12.4. The molecule has 1 heterocycles. The number of carbonyl (C=O) groups excluding carboxylic acids is 1. The molecule has 0 aromatic heterocycles. The fourth-order valence-corrected chi connectivity index (χ4v) is 3.33. The Morgan fingerprint density at radius 3 is 2.67 bits per heavy atom. The lowest BCUT2D eigenvalue weighted by molar-refractivity contribution is -0.123. The van der Waals surface area contributed by atoms with E-state index in [2.05, 4.69) is 17.6 Å². The highest BCUT2D eigenvalue weighted by atomic mass is 16.5. The lowest BCUT2D eigenvalue weighted by atomic mass is 9.85. The van der Waals surface area contributed by atoms with Crippen molar-refractivity contribution in [3.63, 3.8) is 0 Å². The van der Waals surface area contributed by atoms with Crippen LogP contribution in [0.25, 0.3) is 0 Å². The summed E-state index contributed by atoms with van der Waals surface area (Å²) >= 11 is 0. The monoisotopic (exact) mass is 334 g/mol. The zero-order chi connectivity index (χ0) is 17.5. The standard InChI is InChI=1S/C19H30N2O3/c1-13(16-6-5-9-20-12-16)10-19(22)21-14(2)15-7-8-17(23-3)18(11-15)24-4/h7-8,11,13-14,16,20H,5-6,9-10,12H2,1-4H3,(H,21,22)/t13-,14+,16-/m1/s1. The maximum atomic E-state index is 12.4. The summed E-state index contributed by atoms with van der Waals surface area (Å²) in [6.07, 6.45) is 3.00. The van der Waals surface area contributed by atoms with E-state index in [0.29, 0.717) is 29.8 Å². The Balaban J connectivity index is 1.91. The second-order valence-electron chi connectivity index (χ2n) is 6.69. The zero-order valence-electron chi connectivity index (χ0n) is 15.2. The lowest BCUT2D eigenvalue weighted by Crippen LogP contribution is -2.36. The largest absolute Gasteiger partial charge is 0.493 e. The molecule has 0 bridgehead atoms. The number of carbonyl (C=O) groups is 1. The van der Waals surface area contributed by atoms with Crippen LogP contribution in [0.3, 0.4) is 0 Å². The van der Waals surface area contributed by atoms with E-state index in [1.54, 1.807) is 14.2 Å². The third kappa shape index (κ3) is 4.87. The molecule has 1 aliphatic heterocycles. The summed E-state index contributed by atoms with van der Waals surface area (Å²) in [5.74, 6) is 2.47. The molecule has 24 heavy (non-hydrogen) atoms. The Morgan fingerprint density at radius 2 is 2.04 bits per heavy atom. The van der Waals surface area contributed by atoms with Crippen LogP contribution in [0, 0.1) is 11.8 Å². The van der Waals surface area contributed by atoms with Crippen molar-refractivity contribution in [2.75, 3.05) is 27.3 Å². The predicted molar refractivity (Wildman–Crippen MR) is 95.5 cm³/mol. The Hall–Kier alpha value is -1.75. The number of benzene rings is 1. The van der Waals surface area contributed by atoms with E-state index in [-0.39, 0.29) is 11.9 Å². The van der Waals surface area contributed by atoms with Crippen molar-refractivity contribution < 1.29 is 14.3 Å². The molecular formula is C19H30N2O3. The fraction of sp³-hybridized carbons (Fsp3) is 0.632. The SMILES string of the molecule is COc1ccc([C@H](C)NC(=O)C[C@@H](C)[C@@H]2CCCNC2)cc1OC. The average Bonchev–Trinajstić information content (AvgIpc) is 2.61. The van der Waals surface area contributed by atoms with E-state index in [0.717, 1.165) is 18.7 Å². The minimum Gasteiger partial charge on any atom is -0.493 e. The fourth-order valence-electron chi connectivity index (χ4n) is 3.33. The van der Waals surface area contributed by atoms with Crippen LogP contribution in [-0.4, -0.2) is 33.2 Å². The van der Waals surface area contributed by atoms with Crippen LogP contribution in [0.1, 0.15) is 44.7 Å². The van der Waals surface area contributed by atoms with Crippen LogP contribution in [0.15, 0.2) is 18.2 Å². The van der Waals surface area contributed by atoms with Crippen molar-refractivity contribution in [2.24, 2.45) is 11.8 Å². The van der Waals surface area contributed by atoms with Gasteiger partial charge in [-0.25, -0.2) is 0 Å². The minimum absolute atomic E-state index is 0.0611. The normalized spacial score (nSPS) is 20.1. The number of hydrogen-bond donors (Lipinski definition) is 2. The van der Waals surface area contributed by atoms with Crippen LogP contribution in [-0.2, 0) is 4.79 Å². The number of amides is 1. The van der Waals surface area contributed by atoms with Crippen molar-refractivity contribution in [1.82, 2.24) is 10.6 Å². The van der Waals surface area contributed by atoms with Crippen LogP contribution in [0.4, 0.5) is 0 Å². The third-order valence-corrected chi connectivity index (χ3v) is 4.93. The smallest absolute Gasteiger partial charge is 0.220 e. The van der Waals surface area contributed by atoms with E-state index in [9.17, 15) is 4.79 Å². The molecule has 1 aliphatic rings. The van der Waals surface area contributed by atoms with Crippen LogP contribution < -0.4 is 20.1 Å². The van der Waals surface area contributed by atoms with Gasteiger partial charge in [0.2, 0.25) is 5.91 Å². The van der Waals surface area contributed by atoms with Gasteiger partial charge in [-0.2, -0.15) is 0 Å². The van der Waals surface area contributed by atoms with Gasteiger partial charge in [-0.05, 0) is 62.4 Å². The molecule has 0 spiro atoms. The first-order valence-electron chi connectivity index (χ1n) is 8.77. The molecule has 0 unspecified atom stereocenters. The Kier molecular flexibility index (Phi) is 6.91. The number of ether oxygens (including phenoxy) is 2. The van der Waals surface area contributed by atoms with E-state index in [4.69, 9.17) is 9.47 Å². The quantitative estimate of drug-likeness (QED) is 0.805. The highest BCUT2D eigenvalue weighted by molar-refractivity contribution is 5.76. The first-order valence-corrected chi connectivity index (χ1v) is 8.77. The van der Waals surface area contributed by atoms with E-state index in [1.165, 1.54) is 12.8 Å². The molecule has 5 heteroatoms.